The molecule has 0 unspecified atom stereocenters. The topological polar surface area (TPSA) is 0 Å². The van der Waals surface area contributed by atoms with Crippen LogP contribution in [0.3, 0.4) is 0 Å². The molecule has 0 aliphatic rings. The fourth-order valence-electron chi connectivity index (χ4n) is 1.45. The molecule has 0 spiro atoms. The van der Waals surface area contributed by atoms with E-state index in [4.69, 9.17) is 0 Å². The van der Waals surface area contributed by atoms with Crippen LogP contribution >= 0.6 is 0 Å². The van der Waals surface area contributed by atoms with Crippen molar-refractivity contribution in [2.24, 2.45) is 0 Å². The normalized spacial score (nSPS) is 7.62. The summed E-state index contributed by atoms with van der Waals surface area (Å²) in [4.78, 5) is 0. The molecule has 0 atom stereocenters. The summed E-state index contributed by atoms with van der Waals surface area (Å²) in [5.74, 6) is 0. The second-order valence-corrected chi connectivity index (χ2v) is 4.64. The molecule has 0 aliphatic heterocycles. The fraction of sp³-hybridized carbons (Fsp3) is 0.143. The molecule has 6 radical (unpaired) electrons. The monoisotopic (exact) mass is 552 g/mol. The standard InChI is InChI=1S/3C7H7.2BrH.Sb/c3*1-7-5-3-2-4-6-7;;;/h3*2-5H,1H3;2*1H;/p-2. The molecule has 126 valence electrons. The van der Waals surface area contributed by atoms with Crippen LogP contribution in [-0.4, -0.2) is 24.4 Å². The Hall–Kier alpha value is -0.562. The minimum atomic E-state index is 0. The van der Waals surface area contributed by atoms with E-state index in [1.165, 1.54) is 16.7 Å². The maximum Gasteiger partial charge on any atom is 0 e. The van der Waals surface area contributed by atoms with Crippen molar-refractivity contribution < 1.29 is 34.0 Å². The van der Waals surface area contributed by atoms with E-state index in [2.05, 4.69) is 18.2 Å². The van der Waals surface area contributed by atoms with Gasteiger partial charge in [0.25, 0.3) is 0 Å². The van der Waals surface area contributed by atoms with E-state index in [0.717, 1.165) is 0 Å². The second-order valence-electron chi connectivity index (χ2n) is 4.64. The summed E-state index contributed by atoms with van der Waals surface area (Å²) in [6.07, 6.45) is 0. The van der Waals surface area contributed by atoms with Crippen molar-refractivity contribution in [1.82, 2.24) is 0 Å². The Morgan fingerprint density at radius 2 is 0.750 bits per heavy atom. The van der Waals surface area contributed by atoms with Gasteiger partial charge in [0.2, 0.25) is 0 Å². The zero-order valence-electron chi connectivity index (χ0n) is 14.1. The molecule has 0 heterocycles. The van der Waals surface area contributed by atoms with Gasteiger partial charge in [0.05, 0.1) is 0 Å². The van der Waals surface area contributed by atoms with Gasteiger partial charge < -0.3 is 34.0 Å². The van der Waals surface area contributed by atoms with Crippen LogP contribution in [0.25, 0.3) is 0 Å². The average Bonchev–Trinajstić information content (AvgIpc) is 2.51. The molecule has 3 rings (SSSR count). The zero-order chi connectivity index (χ0) is 15.3. The van der Waals surface area contributed by atoms with E-state index in [-0.39, 0.29) is 58.4 Å². The predicted octanol–water partition coefficient (Wildman–Crippen LogP) is -0.987. The van der Waals surface area contributed by atoms with Crippen LogP contribution in [0.2, 0.25) is 0 Å². The minimum absolute atomic E-state index is 0. The van der Waals surface area contributed by atoms with E-state index >= 15 is 0 Å². The first-order chi connectivity index (χ1) is 10.2. The van der Waals surface area contributed by atoms with Gasteiger partial charge in [0.1, 0.15) is 0 Å². The number of benzene rings is 3. The van der Waals surface area contributed by atoms with Crippen LogP contribution in [-0.2, 0) is 0 Å². The van der Waals surface area contributed by atoms with E-state index < -0.39 is 0 Å². The van der Waals surface area contributed by atoms with E-state index in [1.807, 2.05) is 93.6 Å². The third-order valence-corrected chi connectivity index (χ3v) is 2.59. The van der Waals surface area contributed by atoms with Crippen molar-refractivity contribution >= 4 is 24.4 Å². The van der Waals surface area contributed by atoms with E-state index in [1.54, 1.807) is 0 Å². The van der Waals surface area contributed by atoms with Crippen molar-refractivity contribution in [2.45, 2.75) is 20.8 Å². The number of hydrogen-bond donors (Lipinski definition) is 0. The second kappa shape index (κ2) is 18.8. The molecule has 0 N–H and O–H groups in total. The average molecular weight is 555 g/mol. The fourth-order valence-corrected chi connectivity index (χ4v) is 1.45. The molecule has 3 heteroatoms. The Morgan fingerprint density at radius 3 is 0.833 bits per heavy atom. The van der Waals surface area contributed by atoms with Gasteiger partial charge in [-0.15, -0.1) is 0 Å². The molecule has 0 nitrogen and oxygen atoms in total. The molecule has 0 aliphatic carbocycles. The SMILES string of the molecule is Cc1[c]cccc1.Cc1[c]cccc1.Cc1[c]cccc1.[Br-].[Br-].[Sb]. The maximum atomic E-state index is 3.03. The predicted molar refractivity (Wildman–Crippen MR) is 95.8 cm³/mol. The van der Waals surface area contributed by atoms with Crippen LogP contribution in [0.1, 0.15) is 16.7 Å². The molecule has 24 heavy (non-hydrogen) atoms. The molecule has 0 fully saturated rings. The molecule has 0 saturated heterocycles. The first-order valence-corrected chi connectivity index (χ1v) is 6.98. The summed E-state index contributed by atoms with van der Waals surface area (Å²) in [6, 6.07) is 32.8. The van der Waals surface area contributed by atoms with Crippen LogP contribution in [0.15, 0.2) is 72.8 Å². The van der Waals surface area contributed by atoms with Crippen LogP contribution in [0, 0.1) is 39.0 Å². The van der Waals surface area contributed by atoms with Crippen LogP contribution < -0.4 is 34.0 Å². The molecular weight excluding hydrogens is 534 g/mol. The number of halogens is 2. The third-order valence-electron chi connectivity index (χ3n) is 2.59. The summed E-state index contributed by atoms with van der Waals surface area (Å²) in [5.41, 5.74) is 3.59. The summed E-state index contributed by atoms with van der Waals surface area (Å²) in [7, 11) is 0. The number of hydrogen-bond acceptors (Lipinski definition) is 0. The third kappa shape index (κ3) is 16.3. The Morgan fingerprint density at radius 1 is 0.500 bits per heavy atom. The Balaban J connectivity index is -0.000000259. The van der Waals surface area contributed by atoms with Crippen molar-refractivity contribution in [3.63, 3.8) is 0 Å². The molecule has 0 saturated carbocycles. The van der Waals surface area contributed by atoms with Crippen LogP contribution in [0.5, 0.6) is 0 Å². The summed E-state index contributed by atoms with van der Waals surface area (Å²) >= 11 is 0. The van der Waals surface area contributed by atoms with Gasteiger partial charge in [-0.05, 0) is 55.7 Å². The molecule has 0 bridgehead atoms. The smallest absolute Gasteiger partial charge is 0 e. The molecule has 3 aromatic carbocycles. The molecule has 0 aromatic heterocycles. The van der Waals surface area contributed by atoms with E-state index in [9.17, 15) is 0 Å². The van der Waals surface area contributed by atoms with Crippen molar-refractivity contribution in [2.75, 3.05) is 0 Å². The zero-order valence-corrected chi connectivity index (χ0v) is 19.9. The van der Waals surface area contributed by atoms with Gasteiger partial charge in [-0.25, -0.2) is 0 Å². The molecule has 3 aromatic rings. The van der Waals surface area contributed by atoms with Gasteiger partial charge in [-0.1, -0.05) is 72.8 Å². The Bertz CT molecular complexity index is 495. The van der Waals surface area contributed by atoms with Gasteiger partial charge in [-0.3, -0.25) is 0 Å². The number of aryl methyl sites for hydroxylation is 3. The van der Waals surface area contributed by atoms with Gasteiger partial charge >= 0.3 is 0 Å². The Labute approximate surface area is 185 Å². The Kier molecular flexibility index (Phi) is 22.1. The minimum Gasteiger partial charge on any atom is -1.00 e. The summed E-state index contributed by atoms with van der Waals surface area (Å²) in [5, 5.41) is 0. The first-order valence-electron chi connectivity index (χ1n) is 6.98. The van der Waals surface area contributed by atoms with Gasteiger partial charge in [-0.2, -0.15) is 0 Å². The maximum absolute atomic E-state index is 3.03. The quantitative estimate of drug-likeness (QED) is 0.313. The van der Waals surface area contributed by atoms with Gasteiger partial charge in [0, 0.05) is 24.4 Å². The van der Waals surface area contributed by atoms with Crippen LogP contribution in [0.4, 0.5) is 0 Å². The largest absolute Gasteiger partial charge is 1.00 e. The summed E-state index contributed by atoms with van der Waals surface area (Å²) in [6.45, 7) is 6.08. The first kappa shape index (κ1) is 28.2. The van der Waals surface area contributed by atoms with E-state index in [0.29, 0.717) is 0 Å². The van der Waals surface area contributed by atoms with Gasteiger partial charge in [0.15, 0.2) is 0 Å². The van der Waals surface area contributed by atoms with Crippen molar-refractivity contribution in [1.29, 1.82) is 0 Å². The molecular formula is C21H21Br2Sb-2. The van der Waals surface area contributed by atoms with Crippen molar-refractivity contribution in [3.05, 3.63) is 108 Å². The van der Waals surface area contributed by atoms with Crippen molar-refractivity contribution in [3.8, 4) is 0 Å². The number of rotatable bonds is 0. The summed E-state index contributed by atoms with van der Waals surface area (Å²) < 4.78 is 0. The molecule has 0 amide bonds.